The summed E-state index contributed by atoms with van der Waals surface area (Å²) in [5.41, 5.74) is 5.08. The summed E-state index contributed by atoms with van der Waals surface area (Å²) in [7, 11) is 1.49. The number of amides is 1. The molecular weight excluding hydrogens is 426 g/mol. The molecule has 174 valence electrons. The van der Waals surface area contributed by atoms with Crippen molar-refractivity contribution >= 4 is 17.4 Å². The summed E-state index contributed by atoms with van der Waals surface area (Å²) in [6.07, 6.45) is 3.22. The second-order valence-corrected chi connectivity index (χ2v) is 7.76. The third-order valence-electron chi connectivity index (χ3n) is 4.77. The molecule has 1 aromatic carbocycles. The van der Waals surface area contributed by atoms with Crippen LogP contribution in [0, 0.1) is 5.92 Å². The number of hydrogen-bond acceptors (Lipinski definition) is 7. The Balaban J connectivity index is 1.96. The zero-order valence-corrected chi connectivity index (χ0v) is 18.8. The van der Waals surface area contributed by atoms with Crippen LogP contribution >= 0.6 is 0 Å². The van der Waals surface area contributed by atoms with Crippen LogP contribution in [-0.4, -0.2) is 40.7 Å². The zero-order chi connectivity index (χ0) is 24.0. The molecule has 2 heterocycles. The number of hydrogen-bond donors (Lipinski definition) is 2. The highest BCUT2D eigenvalue weighted by atomic mass is 16.5. The van der Waals surface area contributed by atoms with E-state index < -0.39 is 17.2 Å². The number of benzene rings is 1. The van der Waals surface area contributed by atoms with E-state index in [0.29, 0.717) is 23.6 Å². The molecule has 0 saturated heterocycles. The molecule has 33 heavy (non-hydrogen) atoms. The lowest BCUT2D eigenvalue weighted by molar-refractivity contribution is 0.0975. The molecule has 0 aliphatic heterocycles. The lowest BCUT2D eigenvalue weighted by Crippen LogP contribution is -2.42. The molecule has 10 heteroatoms. The number of nitrogens with zero attached hydrogens (tertiary/aromatic N) is 3. The number of nitrogens with two attached hydrogens (primary N) is 1. The molecule has 0 aliphatic carbocycles. The first kappa shape index (κ1) is 23.7. The number of H-pyrrole nitrogens is 1. The smallest absolute Gasteiger partial charge is 0.330 e. The molecule has 0 radical (unpaired) electrons. The summed E-state index contributed by atoms with van der Waals surface area (Å²) >= 11 is 0. The number of rotatable bonds is 9. The fourth-order valence-electron chi connectivity index (χ4n) is 3.25. The molecular formula is C23H27N5O5. The minimum Gasteiger partial charge on any atom is -0.456 e. The normalized spacial score (nSPS) is 10.9. The van der Waals surface area contributed by atoms with Crippen LogP contribution in [0.1, 0.15) is 24.2 Å². The second kappa shape index (κ2) is 10.6. The molecule has 3 aromatic rings. The van der Waals surface area contributed by atoms with E-state index in [4.69, 9.17) is 15.2 Å². The van der Waals surface area contributed by atoms with E-state index >= 15 is 0 Å². The third kappa shape index (κ3) is 5.66. The van der Waals surface area contributed by atoms with Gasteiger partial charge in [0.05, 0.1) is 12.8 Å². The molecule has 0 fully saturated rings. The van der Waals surface area contributed by atoms with Crippen LogP contribution in [0.5, 0.6) is 11.5 Å². The molecule has 0 aliphatic rings. The molecule has 0 saturated carbocycles. The maximum absolute atomic E-state index is 13.4. The maximum atomic E-state index is 13.4. The van der Waals surface area contributed by atoms with Gasteiger partial charge in [-0.2, -0.15) is 0 Å². The van der Waals surface area contributed by atoms with E-state index in [2.05, 4.69) is 9.97 Å². The molecule has 0 unspecified atom stereocenters. The van der Waals surface area contributed by atoms with Gasteiger partial charge in [0.25, 0.3) is 11.5 Å². The predicted molar refractivity (Wildman–Crippen MR) is 125 cm³/mol. The minimum absolute atomic E-state index is 0.0659. The first-order valence-electron chi connectivity index (χ1n) is 10.4. The Bertz CT molecular complexity index is 1200. The van der Waals surface area contributed by atoms with Crippen molar-refractivity contribution < 1.29 is 14.3 Å². The van der Waals surface area contributed by atoms with Gasteiger partial charge in [-0.05, 0) is 42.3 Å². The molecule has 0 bridgehead atoms. The Kier molecular flexibility index (Phi) is 7.62. The van der Waals surface area contributed by atoms with Crippen LogP contribution in [-0.2, 0) is 11.3 Å². The summed E-state index contributed by atoms with van der Waals surface area (Å²) in [5, 5.41) is 0. The summed E-state index contributed by atoms with van der Waals surface area (Å²) in [6.45, 7) is 4.35. The number of anilines is 2. The van der Waals surface area contributed by atoms with E-state index in [9.17, 15) is 14.4 Å². The molecule has 0 spiro atoms. The number of carbonyl (C=O) groups excluding carboxylic acids is 1. The van der Waals surface area contributed by atoms with Gasteiger partial charge in [-0.15, -0.1) is 0 Å². The van der Waals surface area contributed by atoms with Gasteiger partial charge in [0, 0.05) is 32.0 Å². The average Bonchev–Trinajstić information content (AvgIpc) is 2.79. The summed E-state index contributed by atoms with van der Waals surface area (Å²) in [4.78, 5) is 45.8. The lowest BCUT2D eigenvalue weighted by Gasteiger charge is -2.25. The Hall–Kier alpha value is -3.92. The fourth-order valence-corrected chi connectivity index (χ4v) is 3.25. The number of nitrogens with one attached hydrogen (secondary N) is 1. The van der Waals surface area contributed by atoms with Crippen LogP contribution in [0.2, 0.25) is 0 Å². The Morgan fingerprint density at radius 2 is 1.91 bits per heavy atom. The minimum atomic E-state index is -0.738. The topological polar surface area (TPSA) is 133 Å². The van der Waals surface area contributed by atoms with Crippen LogP contribution in [0.3, 0.4) is 0 Å². The van der Waals surface area contributed by atoms with Gasteiger partial charge in [0.2, 0.25) is 0 Å². The van der Waals surface area contributed by atoms with Crippen LogP contribution in [0.25, 0.3) is 0 Å². The fraction of sp³-hybridized carbons (Fsp3) is 0.304. The number of pyridine rings is 1. The highest BCUT2D eigenvalue weighted by Crippen LogP contribution is 2.23. The number of aromatic nitrogens is 3. The van der Waals surface area contributed by atoms with Crippen LogP contribution in [0.15, 0.2) is 58.4 Å². The molecule has 2 aromatic heterocycles. The Morgan fingerprint density at radius 3 is 2.52 bits per heavy atom. The van der Waals surface area contributed by atoms with E-state index in [1.165, 1.54) is 16.6 Å². The average molecular weight is 453 g/mol. The molecule has 3 rings (SSSR count). The van der Waals surface area contributed by atoms with Crippen LogP contribution in [0.4, 0.5) is 11.5 Å². The van der Waals surface area contributed by atoms with Gasteiger partial charge in [-0.25, -0.2) is 4.79 Å². The predicted octanol–water partition coefficient (Wildman–Crippen LogP) is 2.26. The first-order valence-corrected chi connectivity index (χ1v) is 10.4. The zero-order valence-electron chi connectivity index (χ0n) is 18.8. The standard InChI is InChI=1S/C23H27N5O5/c1-15(2)14-28-20(24)19(21(29)26-23(28)31)27(11-12-32-3)22(30)16-6-8-17(9-7-16)33-18-5-4-10-25-13-18/h4-10,13,15H,11-12,14,24H2,1-3H3,(H,26,29,31). The van der Waals surface area contributed by atoms with E-state index in [1.807, 2.05) is 13.8 Å². The van der Waals surface area contributed by atoms with Crippen molar-refractivity contribution in [1.29, 1.82) is 0 Å². The van der Waals surface area contributed by atoms with Crippen molar-refractivity contribution in [3.8, 4) is 11.5 Å². The summed E-state index contributed by atoms with van der Waals surface area (Å²) in [6, 6.07) is 9.97. The summed E-state index contributed by atoms with van der Waals surface area (Å²) in [5.74, 6) is 0.639. The third-order valence-corrected chi connectivity index (χ3v) is 4.77. The number of aromatic amines is 1. The number of nitrogen functional groups attached to an aromatic ring is 1. The van der Waals surface area contributed by atoms with Crippen molar-refractivity contribution in [3.05, 3.63) is 75.2 Å². The van der Waals surface area contributed by atoms with Gasteiger partial charge in [-0.1, -0.05) is 13.8 Å². The quantitative estimate of drug-likeness (QED) is 0.508. The van der Waals surface area contributed by atoms with Crippen molar-refractivity contribution in [2.75, 3.05) is 30.9 Å². The number of ether oxygens (including phenoxy) is 2. The molecule has 0 atom stereocenters. The maximum Gasteiger partial charge on any atom is 0.330 e. The van der Waals surface area contributed by atoms with Gasteiger partial charge >= 0.3 is 5.69 Å². The highest BCUT2D eigenvalue weighted by Gasteiger charge is 2.25. The first-order chi connectivity index (χ1) is 15.8. The highest BCUT2D eigenvalue weighted by molar-refractivity contribution is 6.07. The molecule has 1 amide bonds. The second-order valence-electron chi connectivity index (χ2n) is 7.76. The molecule has 10 nitrogen and oxygen atoms in total. The number of methoxy groups -OCH3 is 1. The van der Waals surface area contributed by atoms with Gasteiger partial charge in [-0.3, -0.25) is 29.0 Å². The van der Waals surface area contributed by atoms with Crippen LogP contribution < -0.4 is 26.6 Å². The van der Waals surface area contributed by atoms with Crippen molar-refractivity contribution in [3.63, 3.8) is 0 Å². The Labute approximate surface area is 190 Å². The van der Waals surface area contributed by atoms with E-state index in [1.54, 1.807) is 48.8 Å². The van der Waals surface area contributed by atoms with Gasteiger partial charge < -0.3 is 15.2 Å². The Morgan fingerprint density at radius 1 is 1.18 bits per heavy atom. The van der Waals surface area contributed by atoms with Crippen molar-refractivity contribution in [1.82, 2.24) is 14.5 Å². The summed E-state index contributed by atoms with van der Waals surface area (Å²) < 4.78 is 12.1. The largest absolute Gasteiger partial charge is 0.456 e. The van der Waals surface area contributed by atoms with Gasteiger partial charge in [0.15, 0.2) is 5.69 Å². The van der Waals surface area contributed by atoms with Crippen molar-refractivity contribution in [2.45, 2.75) is 20.4 Å². The number of carbonyl (C=O) groups is 1. The molecule has 3 N–H and O–H groups in total. The van der Waals surface area contributed by atoms with E-state index in [0.717, 1.165) is 0 Å². The monoisotopic (exact) mass is 453 g/mol. The van der Waals surface area contributed by atoms with Crippen molar-refractivity contribution in [2.24, 2.45) is 5.92 Å². The SMILES string of the molecule is COCCN(C(=O)c1ccc(Oc2cccnc2)cc1)c1c(N)n(CC(C)C)c(=O)[nH]c1=O. The lowest BCUT2D eigenvalue weighted by atomic mass is 10.1. The van der Waals surface area contributed by atoms with E-state index in [-0.39, 0.29) is 30.6 Å². The van der Waals surface area contributed by atoms with Gasteiger partial charge in [0.1, 0.15) is 17.3 Å².